The molecule has 27 heavy (non-hydrogen) atoms. The molecule has 2 heterocycles. The van der Waals surface area contributed by atoms with Crippen LogP contribution in [0.3, 0.4) is 0 Å². The van der Waals surface area contributed by atoms with Gasteiger partial charge < -0.3 is 14.4 Å². The van der Waals surface area contributed by atoms with Crippen molar-refractivity contribution in [2.24, 2.45) is 0 Å². The summed E-state index contributed by atoms with van der Waals surface area (Å²) in [5.41, 5.74) is 2.80. The molecule has 140 valence electrons. The average Bonchev–Trinajstić information content (AvgIpc) is 2.94. The van der Waals surface area contributed by atoms with Gasteiger partial charge in [-0.3, -0.25) is 14.5 Å². The number of para-hydroxylation sites is 1. The number of amides is 2. The number of methoxy groups -OCH3 is 1. The zero-order valence-corrected chi connectivity index (χ0v) is 15.5. The lowest BCUT2D eigenvalue weighted by molar-refractivity contribution is -0.134. The van der Waals surface area contributed by atoms with Crippen molar-refractivity contribution in [2.45, 2.75) is 25.9 Å². The van der Waals surface area contributed by atoms with Crippen LogP contribution in [-0.4, -0.2) is 43.0 Å². The number of fused-ring (bicyclic) bond motifs is 2. The monoisotopic (exact) mass is 366 g/mol. The second-order valence-electron chi connectivity index (χ2n) is 6.82. The lowest BCUT2D eigenvalue weighted by Crippen LogP contribution is -2.49. The molecule has 1 atom stereocenters. The zero-order chi connectivity index (χ0) is 19.0. The van der Waals surface area contributed by atoms with Crippen LogP contribution in [0.4, 0.5) is 5.69 Å². The number of benzene rings is 2. The molecule has 0 aromatic heterocycles. The molecule has 0 aliphatic carbocycles. The summed E-state index contributed by atoms with van der Waals surface area (Å²) in [5.74, 6) is 1.30. The summed E-state index contributed by atoms with van der Waals surface area (Å²) in [6.07, 6.45) is 0.543. The molecule has 0 saturated heterocycles. The van der Waals surface area contributed by atoms with Crippen molar-refractivity contribution in [1.29, 1.82) is 0 Å². The highest BCUT2D eigenvalue weighted by Crippen LogP contribution is 2.34. The van der Waals surface area contributed by atoms with Crippen LogP contribution in [0.5, 0.6) is 11.5 Å². The zero-order valence-electron chi connectivity index (χ0n) is 15.5. The molecular formula is C21H22N2O4. The van der Waals surface area contributed by atoms with E-state index in [4.69, 9.17) is 9.47 Å². The summed E-state index contributed by atoms with van der Waals surface area (Å²) >= 11 is 0. The molecule has 4 rings (SSSR count). The van der Waals surface area contributed by atoms with Gasteiger partial charge in [-0.1, -0.05) is 18.2 Å². The fourth-order valence-corrected chi connectivity index (χ4v) is 3.85. The molecule has 0 spiro atoms. The van der Waals surface area contributed by atoms with Crippen LogP contribution in [0.15, 0.2) is 42.5 Å². The van der Waals surface area contributed by atoms with Crippen LogP contribution in [0.25, 0.3) is 0 Å². The first-order valence-corrected chi connectivity index (χ1v) is 9.04. The quantitative estimate of drug-likeness (QED) is 0.819. The third kappa shape index (κ3) is 3.12. The van der Waals surface area contributed by atoms with Gasteiger partial charge in [-0.2, -0.15) is 0 Å². The number of ether oxygens (including phenoxy) is 2. The number of nitrogens with zero attached hydrogens (tertiary/aromatic N) is 2. The van der Waals surface area contributed by atoms with Crippen LogP contribution in [0.2, 0.25) is 0 Å². The summed E-state index contributed by atoms with van der Waals surface area (Å²) in [7, 11) is 1.61. The summed E-state index contributed by atoms with van der Waals surface area (Å²) in [4.78, 5) is 29.0. The Balaban J connectivity index is 1.60. The van der Waals surface area contributed by atoms with Crippen molar-refractivity contribution >= 4 is 17.5 Å². The van der Waals surface area contributed by atoms with Crippen LogP contribution in [0, 0.1) is 0 Å². The number of anilines is 1. The molecule has 0 N–H and O–H groups in total. The topological polar surface area (TPSA) is 59.1 Å². The number of hydrogen-bond acceptors (Lipinski definition) is 4. The summed E-state index contributed by atoms with van der Waals surface area (Å²) < 4.78 is 11.1. The van der Waals surface area contributed by atoms with Gasteiger partial charge in [0.05, 0.1) is 13.7 Å². The lowest BCUT2D eigenvalue weighted by atomic mass is 10.1. The van der Waals surface area contributed by atoms with Crippen molar-refractivity contribution in [3.63, 3.8) is 0 Å². The fraction of sp³-hybridized carbons (Fsp3) is 0.333. The first-order valence-electron chi connectivity index (χ1n) is 9.04. The van der Waals surface area contributed by atoms with Crippen LogP contribution in [0.1, 0.15) is 18.1 Å². The Kier molecular flexibility index (Phi) is 4.48. The Hall–Kier alpha value is -3.02. The molecule has 0 radical (unpaired) electrons. The van der Waals surface area contributed by atoms with Gasteiger partial charge in [0.15, 0.2) is 0 Å². The van der Waals surface area contributed by atoms with Crippen molar-refractivity contribution in [1.82, 2.24) is 4.90 Å². The van der Waals surface area contributed by atoms with Gasteiger partial charge in [0, 0.05) is 37.2 Å². The van der Waals surface area contributed by atoms with Gasteiger partial charge in [0.25, 0.3) is 0 Å². The van der Waals surface area contributed by atoms with Crippen molar-refractivity contribution < 1.29 is 19.1 Å². The Bertz CT molecular complexity index is 896. The largest absolute Gasteiger partial charge is 0.497 e. The smallest absolute Gasteiger partial charge is 0.246 e. The van der Waals surface area contributed by atoms with E-state index in [1.807, 2.05) is 42.5 Å². The van der Waals surface area contributed by atoms with Crippen LogP contribution >= 0.6 is 0 Å². The molecule has 2 aromatic rings. The average molecular weight is 366 g/mol. The molecule has 6 heteroatoms. The third-order valence-electron chi connectivity index (χ3n) is 5.17. The minimum atomic E-state index is -0.500. The van der Waals surface area contributed by atoms with Crippen molar-refractivity contribution in [3.05, 3.63) is 53.6 Å². The van der Waals surface area contributed by atoms with E-state index in [1.54, 1.807) is 16.9 Å². The van der Waals surface area contributed by atoms with Gasteiger partial charge in [0.2, 0.25) is 11.8 Å². The molecule has 0 unspecified atom stereocenters. The maximum atomic E-state index is 13.3. The number of carbonyl (C=O) groups is 2. The Morgan fingerprint density at radius 2 is 1.96 bits per heavy atom. The van der Waals surface area contributed by atoms with Gasteiger partial charge >= 0.3 is 0 Å². The predicted molar refractivity (Wildman–Crippen MR) is 101 cm³/mol. The maximum Gasteiger partial charge on any atom is 0.246 e. The minimum absolute atomic E-state index is 0.0475. The minimum Gasteiger partial charge on any atom is -0.497 e. The first kappa shape index (κ1) is 17.4. The van der Waals surface area contributed by atoms with Gasteiger partial charge in [-0.25, -0.2) is 0 Å². The van der Waals surface area contributed by atoms with Crippen molar-refractivity contribution in [3.8, 4) is 11.5 Å². The second kappa shape index (κ2) is 6.95. The van der Waals surface area contributed by atoms with E-state index in [1.165, 1.54) is 6.92 Å². The SMILES string of the molecule is COc1ccc2c(c1)OCCN(C(=O)[C@@H]1Cc3ccccc3N1C(C)=O)C2. The van der Waals surface area contributed by atoms with E-state index in [0.29, 0.717) is 26.1 Å². The highest BCUT2D eigenvalue weighted by molar-refractivity contribution is 6.02. The van der Waals surface area contributed by atoms with Gasteiger partial charge in [-0.15, -0.1) is 0 Å². The Morgan fingerprint density at radius 3 is 2.74 bits per heavy atom. The first-order chi connectivity index (χ1) is 13.1. The molecular weight excluding hydrogens is 344 g/mol. The number of carbonyl (C=O) groups excluding carboxylic acids is 2. The highest BCUT2D eigenvalue weighted by Gasteiger charge is 2.39. The molecule has 6 nitrogen and oxygen atoms in total. The van der Waals surface area contributed by atoms with Crippen LogP contribution in [-0.2, 0) is 22.6 Å². The maximum absolute atomic E-state index is 13.3. The van der Waals surface area contributed by atoms with Crippen molar-refractivity contribution in [2.75, 3.05) is 25.2 Å². The normalized spacial score (nSPS) is 18.2. The van der Waals surface area contributed by atoms with E-state index in [2.05, 4.69) is 0 Å². The highest BCUT2D eigenvalue weighted by atomic mass is 16.5. The molecule has 0 bridgehead atoms. The van der Waals surface area contributed by atoms with E-state index >= 15 is 0 Å². The van der Waals surface area contributed by atoms with E-state index in [-0.39, 0.29) is 11.8 Å². The Labute approximate surface area is 158 Å². The molecule has 2 aliphatic heterocycles. The summed E-state index contributed by atoms with van der Waals surface area (Å²) in [5, 5.41) is 0. The number of hydrogen-bond donors (Lipinski definition) is 0. The molecule has 2 amide bonds. The summed E-state index contributed by atoms with van der Waals surface area (Å²) in [6, 6.07) is 12.8. The van der Waals surface area contributed by atoms with E-state index in [0.717, 1.165) is 28.3 Å². The van der Waals surface area contributed by atoms with E-state index in [9.17, 15) is 9.59 Å². The summed E-state index contributed by atoms with van der Waals surface area (Å²) in [6.45, 7) is 2.85. The van der Waals surface area contributed by atoms with Gasteiger partial charge in [-0.05, 0) is 23.8 Å². The molecule has 2 aromatic carbocycles. The predicted octanol–water partition coefficient (Wildman–Crippen LogP) is 2.39. The molecule has 2 aliphatic rings. The lowest BCUT2D eigenvalue weighted by Gasteiger charge is -2.29. The van der Waals surface area contributed by atoms with E-state index < -0.39 is 6.04 Å². The number of rotatable bonds is 2. The fourth-order valence-electron chi connectivity index (χ4n) is 3.85. The van der Waals surface area contributed by atoms with Gasteiger partial charge in [0.1, 0.15) is 24.1 Å². The molecule has 0 saturated carbocycles. The Morgan fingerprint density at radius 1 is 1.15 bits per heavy atom. The standard InChI is InChI=1S/C21H22N2O4/c1-14(24)23-18-6-4-3-5-15(18)11-19(23)21(25)22-9-10-27-20-12-17(26-2)8-7-16(20)13-22/h3-8,12,19H,9-11,13H2,1-2H3/t19-/m0/s1. The third-order valence-corrected chi connectivity index (χ3v) is 5.17. The molecule has 0 fully saturated rings. The second-order valence-corrected chi connectivity index (χ2v) is 6.82. The van der Waals surface area contributed by atoms with Crippen LogP contribution < -0.4 is 14.4 Å².